The van der Waals surface area contributed by atoms with E-state index in [1.54, 1.807) is 12.1 Å². The number of aromatic nitrogens is 2. The lowest BCUT2D eigenvalue weighted by Gasteiger charge is -2.17. The Morgan fingerprint density at radius 3 is 2.48 bits per heavy atom. The number of hydrogen-bond acceptors (Lipinski definition) is 5. The number of benzene rings is 1. The fourth-order valence-corrected chi connectivity index (χ4v) is 2.05. The highest BCUT2D eigenvalue weighted by Gasteiger charge is 2.10. The van der Waals surface area contributed by atoms with Crippen LogP contribution in [-0.2, 0) is 6.42 Å². The summed E-state index contributed by atoms with van der Waals surface area (Å²) in [5, 5.41) is 22.0. The maximum Gasteiger partial charge on any atom is 0.129 e. The number of phenols is 1. The van der Waals surface area contributed by atoms with Gasteiger partial charge < -0.3 is 15.5 Å². The van der Waals surface area contributed by atoms with Gasteiger partial charge in [-0.2, -0.15) is 0 Å². The van der Waals surface area contributed by atoms with E-state index in [4.69, 9.17) is 0 Å². The second-order valence-electron chi connectivity index (χ2n) is 5.38. The van der Waals surface area contributed by atoms with E-state index in [2.05, 4.69) is 29.1 Å². The molecule has 0 unspecified atom stereocenters. The minimum atomic E-state index is -0.135. The van der Waals surface area contributed by atoms with E-state index < -0.39 is 0 Å². The van der Waals surface area contributed by atoms with Crippen LogP contribution in [0, 0.1) is 0 Å². The highest BCUT2D eigenvalue weighted by atomic mass is 16.3. The molecule has 2 aromatic rings. The maximum atomic E-state index is 9.53. The second kappa shape index (κ2) is 7.04. The zero-order valence-electron chi connectivity index (χ0n) is 12.3. The molecular formula is C16H21N3O2. The fourth-order valence-electron chi connectivity index (χ4n) is 2.05. The van der Waals surface area contributed by atoms with Crippen LogP contribution in [-0.4, -0.2) is 32.8 Å². The van der Waals surface area contributed by atoms with Gasteiger partial charge in [0.25, 0.3) is 0 Å². The van der Waals surface area contributed by atoms with Gasteiger partial charge in [0.2, 0.25) is 0 Å². The number of hydrogen-bond donors (Lipinski definition) is 3. The molecule has 0 saturated heterocycles. The van der Waals surface area contributed by atoms with Crippen molar-refractivity contribution in [2.24, 2.45) is 0 Å². The molecule has 0 bridgehead atoms. The number of aliphatic hydroxyl groups is 1. The third-order valence-electron chi connectivity index (χ3n) is 3.27. The number of rotatable bonds is 6. The topological polar surface area (TPSA) is 78.3 Å². The van der Waals surface area contributed by atoms with Crippen molar-refractivity contribution in [3.05, 3.63) is 47.9 Å². The van der Waals surface area contributed by atoms with E-state index in [-0.39, 0.29) is 18.4 Å². The van der Waals surface area contributed by atoms with E-state index in [1.807, 2.05) is 18.2 Å². The largest absolute Gasteiger partial charge is 0.508 e. The minimum Gasteiger partial charge on any atom is -0.508 e. The smallest absolute Gasteiger partial charge is 0.129 e. The molecule has 1 aromatic heterocycles. The molecule has 1 atom stereocenters. The Balaban J connectivity index is 2.05. The van der Waals surface area contributed by atoms with Crippen LogP contribution in [0.15, 0.2) is 36.7 Å². The Kier molecular flexibility index (Phi) is 5.11. The van der Waals surface area contributed by atoms with Crippen molar-refractivity contribution < 1.29 is 10.2 Å². The average molecular weight is 287 g/mol. The van der Waals surface area contributed by atoms with Gasteiger partial charge in [-0.15, -0.1) is 0 Å². The molecule has 0 amide bonds. The summed E-state index contributed by atoms with van der Waals surface area (Å²) in [7, 11) is 0. The summed E-state index contributed by atoms with van der Waals surface area (Å²) in [4.78, 5) is 8.42. The van der Waals surface area contributed by atoms with Crippen LogP contribution in [0.3, 0.4) is 0 Å². The Bertz CT molecular complexity index is 570. The van der Waals surface area contributed by atoms with Gasteiger partial charge in [-0.25, -0.2) is 9.97 Å². The molecule has 3 N–H and O–H groups in total. The quantitative estimate of drug-likeness (QED) is 0.760. The van der Waals surface area contributed by atoms with E-state index in [0.717, 1.165) is 11.3 Å². The molecular weight excluding hydrogens is 266 g/mol. The summed E-state index contributed by atoms with van der Waals surface area (Å²) >= 11 is 0. The van der Waals surface area contributed by atoms with Crippen LogP contribution in [0.2, 0.25) is 0 Å². The van der Waals surface area contributed by atoms with Crippen molar-refractivity contribution in [3.8, 4) is 5.75 Å². The Morgan fingerprint density at radius 2 is 1.86 bits per heavy atom. The van der Waals surface area contributed by atoms with Gasteiger partial charge in [-0.3, -0.25) is 0 Å². The van der Waals surface area contributed by atoms with E-state index in [9.17, 15) is 10.2 Å². The predicted molar refractivity (Wildman–Crippen MR) is 82.4 cm³/mol. The summed E-state index contributed by atoms with van der Waals surface area (Å²) in [5.74, 6) is 1.29. The molecule has 5 nitrogen and oxygen atoms in total. The van der Waals surface area contributed by atoms with Crippen molar-refractivity contribution in [2.75, 3.05) is 11.9 Å². The molecule has 0 radical (unpaired) electrons. The molecule has 21 heavy (non-hydrogen) atoms. The first-order valence-electron chi connectivity index (χ1n) is 7.05. The minimum absolute atomic E-state index is 0.00188. The van der Waals surface area contributed by atoms with E-state index in [1.165, 1.54) is 6.33 Å². The van der Waals surface area contributed by atoms with E-state index >= 15 is 0 Å². The third kappa shape index (κ3) is 4.43. The Labute approximate surface area is 124 Å². The molecule has 0 aliphatic carbocycles. The maximum absolute atomic E-state index is 9.53. The zero-order valence-corrected chi connectivity index (χ0v) is 12.3. The van der Waals surface area contributed by atoms with Crippen molar-refractivity contribution in [2.45, 2.75) is 32.2 Å². The highest BCUT2D eigenvalue weighted by Crippen LogP contribution is 2.16. The second-order valence-corrected chi connectivity index (χ2v) is 5.38. The monoisotopic (exact) mass is 287 g/mol. The molecule has 1 aromatic carbocycles. The van der Waals surface area contributed by atoms with Crippen LogP contribution in [0.25, 0.3) is 0 Å². The average Bonchev–Trinajstić information content (AvgIpc) is 2.49. The van der Waals surface area contributed by atoms with Crippen molar-refractivity contribution in [1.82, 2.24) is 9.97 Å². The van der Waals surface area contributed by atoms with Crippen LogP contribution >= 0.6 is 0 Å². The lowest BCUT2D eigenvalue weighted by molar-refractivity contribution is 0.273. The first-order valence-corrected chi connectivity index (χ1v) is 7.05. The SMILES string of the molecule is CC(C)c1cc(N[C@@H](CO)Cc2ccc(O)cc2)ncn1. The van der Waals surface area contributed by atoms with Crippen LogP contribution in [0.1, 0.15) is 31.0 Å². The summed E-state index contributed by atoms with van der Waals surface area (Å²) < 4.78 is 0. The molecule has 1 heterocycles. The summed E-state index contributed by atoms with van der Waals surface area (Å²) in [6.07, 6.45) is 2.18. The third-order valence-corrected chi connectivity index (χ3v) is 3.27. The number of nitrogens with one attached hydrogen (secondary N) is 1. The molecule has 112 valence electrons. The Hall–Kier alpha value is -2.14. The standard InChI is InChI=1S/C16H21N3O2/c1-11(2)15-8-16(18-10-17-15)19-13(9-20)7-12-3-5-14(21)6-4-12/h3-6,8,10-11,13,20-21H,7,9H2,1-2H3,(H,17,18,19)/t13-/m1/s1. The Morgan fingerprint density at radius 1 is 1.14 bits per heavy atom. The van der Waals surface area contributed by atoms with E-state index in [0.29, 0.717) is 18.2 Å². The normalized spacial score (nSPS) is 12.4. The fraction of sp³-hybridized carbons (Fsp3) is 0.375. The molecule has 0 saturated carbocycles. The van der Waals surface area contributed by atoms with Crippen molar-refractivity contribution in [1.29, 1.82) is 0 Å². The van der Waals surface area contributed by atoms with Crippen molar-refractivity contribution in [3.63, 3.8) is 0 Å². The molecule has 5 heteroatoms. The lowest BCUT2D eigenvalue weighted by atomic mass is 10.1. The molecule has 0 aliphatic heterocycles. The van der Waals surface area contributed by atoms with Gasteiger partial charge in [0, 0.05) is 11.8 Å². The first-order chi connectivity index (χ1) is 10.1. The van der Waals surface area contributed by atoms with Crippen LogP contribution in [0.4, 0.5) is 5.82 Å². The zero-order chi connectivity index (χ0) is 15.2. The van der Waals surface area contributed by atoms with Gasteiger partial charge in [-0.1, -0.05) is 26.0 Å². The van der Waals surface area contributed by atoms with Gasteiger partial charge in [0.15, 0.2) is 0 Å². The van der Waals surface area contributed by atoms with Gasteiger partial charge in [0.05, 0.1) is 12.6 Å². The van der Waals surface area contributed by atoms with Gasteiger partial charge in [0.1, 0.15) is 17.9 Å². The highest BCUT2D eigenvalue weighted by molar-refractivity contribution is 5.37. The summed E-state index contributed by atoms with van der Waals surface area (Å²) in [5.41, 5.74) is 2.01. The van der Waals surface area contributed by atoms with Gasteiger partial charge >= 0.3 is 0 Å². The number of anilines is 1. The first kappa shape index (κ1) is 15.3. The lowest BCUT2D eigenvalue weighted by Crippen LogP contribution is -2.27. The predicted octanol–water partition coefficient (Wildman–Crippen LogP) is 2.32. The van der Waals surface area contributed by atoms with Crippen LogP contribution in [0.5, 0.6) is 5.75 Å². The molecule has 0 aliphatic rings. The van der Waals surface area contributed by atoms with Gasteiger partial charge in [-0.05, 0) is 30.0 Å². The molecule has 2 rings (SSSR count). The van der Waals surface area contributed by atoms with Crippen molar-refractivity contribution >= 4 is 5.82 Å². The number of aliphatic hydroxyl groups excluding tert-OH is 1. The molecule has 0 fully saturated rings. The van der Waals surface area contributed by atoms with Crippen LogP contribution < -0.4 is 5.32 Å². The summed E-state index contributed by atoms with van der Waals surface area (Å²) in [6.45, 7) is 4.15. The number of nitrogens with zero attached hydrogens (tertiary/aromatic N) is 2. The number of phenolic OH excluding ortho intramolecular Hbond substituents is 1. The molecule has 0 spiro atoms. The number of aromatic hydroxyl groups is 1. The summed E-state index contributed by atoms with van der Waals surface area (Å²) in [6, 6.07) is 8.75.